The van der Waals surface area contributed by atoms with Gasteiger partial charge in [-0.1, -0.05) is 127 Å². The van der Waals surface area contributed by atoms with Crippen LogP contribution in [0.3, 0.4) is 0 Å². The molecule has 0 N–H and O–H groups in total. The molecular weight excluding hydrogens is 617 g/mol. The van der Waals surface area contributed by atoms with E-state index in [1.54, 1.807) is 0 Å². The molecule has 11 aromatic rings. The second-order valence-corrected chi connectivity index (χ2v) is 13.6. The lowest BCUT2D eigenvalue weighted by atomic mass is 9.99. The van der Waals surface area contributed by atoms with Crippen LogP contribution < -0.4 is 0 Å². The third kappa shape index (κ3) is 3.73. The maximum absolute atomic E-state index is 5.48. The largest absolute Gasteiger partial charge is 0.301 e. The Balaban J connectivity index is 1.30. The third-order valence-electron chi connectivity index (χ3n) is 9.94. The lowest BCUT2D eigenvalue weighted by molar-refractivity contribution is 1.02. The van der Waals surface area contributed by atoms with Crippen LogP contribution in [0.25, 0.3) is 97.6 Å². The van der Waals surface area contributed by atoms with Gasteiger partial charge in [-0.2, -0.15) is 0 Å². The minimum atomic E-state index is 0.675. The van der Waals surface area contributed by atoms with Crippen LogP contribution in [0.2, 0.25) is 0 Å². The Kier molecular flexibility index (Phi) is 5.51. The fourth-order valence-electron chi connectivity index (χ4n) is 7.84. The van der Waals surface area contributed by atoms with E-state index in [-0.39, 0.29) is 0 Å². The van der Waals surface area contributed by atoms with Gasteiger partial charge in [0, 0.05) is 43.6 Å². The molecule has 0 saturated heterocycles. The van der Waals surface area contributed by atoms with E-state index in [1.165, 1.54) is 52.8 Å². The van der Waals surface area contributed by atoms with E-state index in [2.05, 4.69) is 167 Å². The van der Waals surface area contributed by atoms with Crippen molar-refractivity contribution in [3.8, 4) is 22.9 Å². The van der Waals surface area contributed by atoms with Crippen LogP contribution >= 0.6 is 11.3 Å². The maximum Gasteiger partial charge on any atom is 0.235 e. The predicted octanol–water partition coefficient (Wildman–Crippen LogP) is 11.9. The molecule has 4 aromatic heterocycles. The highest BCUT2D eigenvalue weighted by Crippen LogP contribution is 2.47. The molecule has 4 nitrogen and oxygen atoms in total. The lowest BCUT2D eigenvalue weighted by Crippen LogP contribution is -2.03. The van der Waals surface area contributed by atoms with E-state index in [4.69, 9.17) is 9.97 Å². The molecule has 0 atom stereocenters. The van der Waals surface area contributed by atoms with Crippen molar-refractivity contribution in [3.05, 3.63) is 158 Å². The number of rotatable bonds is 3. The second kappa shape index (κ2) is 10.1. The molecule has 0 saturated carbocycles. The summed E-state index contributed by atoms with van der Waals surface area (Å²) in [7, 11) is 0. The van der Waals surface area contributed by atoms with Crippen LogP contribution in [0.1, 0.15) is 0 Å². The van der Waals surface area contributed by atoms with Crippen molar-refractivity contribution in [1.29, 1.82) is 0 Å². The standard InChI is InChI=1S/C44H26N4S/c1-2-15-28(16-3-1)47-38-24-11-8-20-34(38)39-35-26-25-32-30-18-7-10-23-37(30)48(41(32)42(35)49-43(39)47)44-45-36-22-9-6-19-33(36)40(46-44)31-21-12-14-27-13-4-5-17-29(27)31/h1-26H. The van der Waals surface area contributed by atoms with Crippen LogP contribution in [0.5, 0.6) is 0 Å². The van der Waals surface area contributed by atoms with Gasteiger partial charge in [0.15, 0.2) is 0 Å². The Labute approximate surface area is 284 Å². The molecule has 49 heavy (non-hydrogen) atoms. The van der Waals surface area contributed by atoms with Gasteiger partial charge < -0.3 is 4.57 Å². The van der Waals surface area contributed by atoms with Crippen LogP contribution in [-0.4, -0.2) is 19.1 Å². The van der Waals surface area contributed by atoms with Crippen molar-refractivity contribution >= 4 is 86.0 Å². The Bertz CT molecular complexity index is 3110. The van der Waals surface area contributed by atoms with Crippen LogP contribution in [-0.2, 0) is 0 Å². The zero-order chi connectivity index (χ0) is 32.1. The quantitative estimate of drug-likeness (QED) is 0.192. The van der Waals surface area contributed by atoms with Gasteiger partial charge in [-0.05, 0) is 41.1 Å². The summed E-state index contributed by atoms with van der Waals surface area (Å²) in [6.07, 6.45) is 0. The van der Waals surface area contributed by atoms with Crippen LogP contribution in [0, 0.1) is 0 Å². The monoisotopic (exact) mass is 642 g/mol. The van der Waals surface area contributed by atoms with Gasteiger partial charge in [0.2, 0.25) is 5.95 Å². The smallest absolute Gasteiger partial charge is 0.235 e. The first-order valence-corrected chi connectivity index (χ1v) is 17.3. The first-order chi connectivity index (χ1) is 24.3. The van der Waals surface area contributed by atoms with Gasteiger partial charge in [0.25, 0.3) is 0 Å². The van der Waals surface area contributed by atoms with Crippen molar-refractivity contribution in [1.82, 2.24) is 19.1 Å². The number of para-hydroxylation sites is 4. The number of nitrogens with zero attached hydrogens (tertiary/aromatic N) is 4. The topological polar surface area (TPSA) is 35.6 Å². The van der Waals surface area contributed by atoms with Gasteiger partial charge in [0.1, 0.15) is 4.83 Å². The Morgan fingerprint density at radius 1 is 0.449 bits per heavy atom. The summed E-state index contributed by atoms with van der Waals surface area (Å²) in [5.74, 6) is 0.675. The van der Waals surface area contributed by atoms with E-state index < -0.39 is 0 Å². The van der Waals surface area contributed by atoms with Crippen molar-refractivity contribution in [3.63, 3.8) is 0 Å². The third-order valence-corrected chi connectivity index (χ3v) is 11.1. The zero-order valence-corrected chi connectivity index (χ0v) is 27.0. The molecule has 0 fully saturated rings. The Morgan fingerprint density at radius 3 is 1.96 bits per heavy atom. The molecular formula is C44H26N4S. The molecule has 0 aliphatic rings. The summed E-state index contributed by atoms with van der Waals surface area (Å²) < 4.78 is 5.95. The van der Waals surface area contributed by atoms with E-state index in [1.807, 2.05) is 11.3 Å². The first-order valence-electron chi connectivity index (χ1n) is 16.5. The lowest BCUT2D eigenvalue weighted by Gasteiger charge is -2.13. The number of benzene rings is 7. The van der Waals surface area contributed by atoms with Gasteiger partial charge >= 0.3 is 0 Å². The molecule has 0 amide bonds. The summed E-state index contributed by atoms with van der Waals surface area (Å²) in [6, 6.07) is 56.2. The van der Waals surface area contributed by atoms with Gasteiger partial charge in [-0.3, -0.25) is 4.57 Å². The molecule has 0 unspecified atom stereocenters. The summed E-state index contributed by atoms with van der Waals surface area (Å²) in [4.78, 5) is 12.0. The number of hydrogen-bond acceptors (Lipinski definition) is 3. The summed E-state index contributed by atoms with van der Waals surface area (Å²) in [5, 5.41) is 9.60. The Morgan fingerprint density at radius 2 is 1.10 bits per heavy atom. The van der Waals surface area contributed by atoms with Crippen LogP contribution in [0.15, 0.2) is 158 Å². The summed E-state index contributed by atoms with van der Waals surface area (Å²) >= 11 is 1.86. The number of thiophene rings is 1. The first kappa shape index (κ1) is 26.7. The average molecular weight is 643 g/mol. The van der Waals surface area contributed by atoms with Crippen molar-refractivity contribution in [2.75, 3.05) is 0 Å². The molecule has 11 rings (SSSR count). The Hall–Kier alpha value is -6.30. The summed E-state index contributed by atoms with van der Waals surface area (Å²) in [5.41, 5.74) is 7.58. The highest BCUT2D eigenvalue weighted by Gasteiger charge is 2.24. The van der Waals surface area contributed by atoms with Crippen molar-refractivity contribution in [2.45, 2.75) is 0 Å². The van der Waals surface area contributed by atoms with Gasteiger partial charge in [-0.25, -0.2) is 9.97 Å². The highest BCUT2D eigenvalue weighted by molar-refractivity contribution is 7.26. The number of aromatic nitrogens is 4. The molecule has 0 aliphatic heterocycles. The van der Waals surface area contributed by atoms with Gasteiger partial charge in [-0.15, -0.1) is 11.3 Å². The number of fused-ring (bicyclic) bond motifs is 11. The maximum atomic E-state index is 5.48. The van der Waals surface area contributed by atoms with Crippen molar-refractivity contribution < 1.29 is 0 Å². The van der Waals surface area contributed by atoms with E-state index in [0.29, 0.717) is 5.95 Å². The molecule has 0 aliphatic carbocycles. The molecule has 0 bridgehead atoms. The van der Waals surface area contributed by atoms with E-state index >= 15 is 0 Å². The minimum Gasteiger partial charge on any atom is -0.301 e. The van der Waals surface area contributed by atoms with E-state index in [0.717, 1.165) is 38.9 Å². The minimum absolute atomic E-state index is 0.675. The second-order valence-electron chi connectivity index (χ2n) is 12.6. The van der Waals surface area contributed by atoms with Gasteiger partial charge in [0.05, 0.1) is 32.5 Å². The fraction of sp³-hybridized carbons (Fsp3) is 0. The highest BCUT2D eigenvalue weighted by atomic mass is 32.1. The predicted molar refractivity (Wildman–Crippen MR) is 207 cm³/mol. The fourth-order valence-corrected chi connectivity index (χ4v) is 9.23. The molecule has 7 aromatic carbocycles. The SMILES string of the molecule is c1ccc(-n2c3ccccc3c3c4ccc5c6ccccc6n(-c6nc(-c7cccc8ccccc78)c7ccccc7n6)c5c4sc32)cc1. The van der Waals surface area contributed by atoms with Crippen molar-refractivity contribution in [2.24, 2.45) is 0 Å². The normalized spacial score (nSPS) is 12.1. The number of hydrogen-bond donors (Lipinski definition) is 0. The van der Waals surface area contributed by atoms with Crippen LogP contribution in [0.4, 0.5) is 0 Å². The summed E-state index contributed by atoms with van der Waals surface area (Å²) in [6.45, 7) is 0. The zero-order valence-electron chi connectivity index (χ0n) is 26.2. The average Bonchev–Trinajstić information content (AvgIpc) is 3.81. The molecule has 228 valence electrons. The molecule has 5 heteroatoms. The molecule has 4 heterocycles. The van der Waals surface area contributed by atoms with E-state index in [9.17, 15) is 0 Å². The molecule has 0 radical (unpaired) electrons. The molecule has 0 spiro atoms.